The van der Waals surface area contributed by atoms with Gasteiger partial charge in [0.15, 0.2) is 0 Å². The van der Waals surface area contributed by atoms with E-state index in [-0.39, 0.29) is 12.2 Å². The second-order valence-electron chi connectivity index (χ2n) is 6.89. The minimum absolute atomic E-state index is 0.257. The lowest BCUT2D eigenvalue weighted by atomic mass is 10.1. The summed E-state index contributed by atoms with van der Waals surface area (Å²) < 4.78 is 10.9. The Morgan fingerprint density at radius 2 is 2.10 bits per heavy atom. The average molecular weight is 432 g/mol. The minimum Gasteiger partial charge on any atom is -0.462 e. The summed E-state index contributed by atoms with van der Waals surface area (Å²) in [4.78, 5) is 19.8. The number of H-pyrrole nitrogens is 1. The molecule has 0 fully saturated rings. The Kier molecular flexibility index (Phi) is 5.61. The zero-order valence-electron chi connectivity index (χ0n) is 16.9. The Hall–Kier alpha value is -3.82. The maximum absolute atomic E-state index is 12.1. The number of rotatable bonds is 5. The molecule has 2 aromatic carbocycles. The molecule has 7 heteroatoms. The topological polar surface area (TPSA) is 91.9 Å². The molecule has 0 aliphatic carbocycles. The number of imidazole rings is 1. The normalized spacial score (nSPS) is 11.5. The van der Waals surface area contributed by atoms with Gasteiger partial charge in [0.25, 0.3) is 0 Å². The first-order valence-corrected chi connectivity index (χ1v) is 10.0. The smallest absolute Gasteiger partial charge is 0.339 e. The second kappa shape index (κ2) is 8.50. The summed E-state index contributed by atoms with van der Waals surface area (Å²) in [6.45, 7) is 3.99. The van der Waals surface area contributed by atoms with Crippen molar-refractivity contribution in [1.82, 2.24) is 9.97 Å². The van der Waals surface area contributed by atoms with Crippen LogP contribution in [0, 0.1) is 18.3 Å². The highest BCUT2D eigenvalue weighted by molar-refractivity contribution is 6.33. The van der Waals surface area contributed by atoms with Gasteiger partial charge < -0.3 is 14.1 Å². The van der Waals surface area contributed by atoms with Gasteiger partial charge in [-0.3, -0.25) is 0 Å². The van der Waals surface area contributed by atoms with Gasteiger partial charge in [0.2, 0.25) is 0 Å². The van der Waals surface area contributed by atoms with Gasteiger partial charge in [-0.2, -0.15) is 5.26 Å². The van der Waals surface area contributed by atoms with E-state index in [9.17, 15) is 10.1 Å². The van der Waals surface area contributed by atoms with Gasteiger partial charge in [-0.25, -0.2) is 9.78 Å². The quantitative estimate of drug-likeness (QED) is 0.308. The number of carbonyl (C=O) groups excluding carboxylic acids is 1. The van der Waals surface area contributed by atoms with Crippen LogP contribution in [0.5, 0.6) is 0 Å². The average Bonchev–Trinajstić information content (AvgIpc) is 3.39. The van der Waals surface area contributed by atoms with E-state index in [0.717, 1.165) is 16.6 Å². The zero-order chi connectivity index (χ0) is 22.0. The number of aromatic nitrogens is 2. The molecular formula is C24H18ClN3O3. The van der Waals surface area contributed by atoms with Gasteiger partial charge in [0.1, 0.15) is 23.4 Å². The van der Waals surface area contributed by atoms with Crippen molar-refractivity contribution < 1.29 is 13.9 Å². The number of aromatic amines is 1. The fraction of sp³-hybridized carbons (Fsp3) is 0.125. The van der Waals surface area contributed by atoms with Crippen molar-refractivity contribution in [2.24, 2.45) is 0 Å². The first kappa shape index (κ1) is 20.5. The number of hydrogen-bond acceptors (Lipinski definition) is 5. The molecule has 31 heavy (non-hydrogen) atoms. The SMILES string of the molecule is CCOC(=O)c1cc(-c2ccc(/C=C(\C#N)c3nc4ccc(C)cc4[nH]3)o2)ccc1Cl. The number of nitrogens with one attached hydrogen (secondary N) is 1. The number of furan rings is 1. The molecule has 2 aromatic heterocycles. The van der Waals surface area contributed by atoms with E-state index in [1.807, 2.05) is 25.1 Å². The number of aryl methyl sites for hydroxylation is 1. The molecule has 0 unspecified atom stereocenters. The molecule has 0 aliphatic heterocycles. The first-order chi connectivity index (χ1) is 15.0. The van der Waals surface area contributed by atoms with Crippen LogP contribution in [0.1, 0.15) is 34.4 Å². The van der Waals surface area contributed by atoms with Crippen LogP contribution in [0.3, 0.4) is 0 Å². The molecule has 2 heterocycles. The fourth-order valence-electron chi connectivity index (χ4n) is 3.18. The van der Waals surface area contributed by atoms with Gasteiger partial charge in [-0.1, -0.05) is 17.7 Å². The number of fused-ring (bicyclic) bond motifs is 1. The third kappa shape index (κ3) is 4.23. The predicted molar refractivity (Wildman–Crippen MR) is 119 cm³/mol. The molecule has 154 valence electrons. The number of esters is 1. The molecule has 6 nitrogen and oxygen atoms in total. The molecule has 1 N–H and O–H groups in total. The highest BCUT2D eigenvalue weighted by Crippen LogP contribution is 2.29. The molecule has 0 atom stereocenters. The fourth-order valence-corrected chi connectivity index (χ4v) is 3.37. The van der Waals surface area contributed by atoms with Crippen LogP contribution in [0.15, 0.2) is 52.9 Å². The first-order valence-electron chi connectivity index (χ1n) is 9.64. The van der Waals surface area contributed by atoms with Gasteiger partial charge in [-0.15, -0.1) is 0 Å². The second-order valence-corrected chi connectivity index (χ2v) is 7.30. The number of halogens is 1. The number of ether oxygens (including phenoxy) is 1. The third-order valence-electron chi connectivity index (χ3n) is 4.67. The van der Waals surface area contributed by atoms with Gasteiger partial charge >= 0.3 is 5.97 Å². The maximum atomic E-state index is 12.1. The van der Waals surface area contributed by atoms with Crippen molar-refractivity contribution in [3.8, 4) is 17.4 Å². The van der Waals surface area contributed by atoms with Crippen molar-refractivity contribution >= 4 is 40.3 Å². The summed E-state index contributed by atoms with van der Waals surface area (Å²) in [5.74, 6) is 0.992. The summed E-state index contributed by atoms with van der Waals surface area (Å²) in [5, 5.41) is 9.94. The molecule has 0 bridgehead atoms. The van der Waals surface area contributed by atoms with Crippen LogP contribution in [0.2, 0.25) is 5.02 Å². The van der Waals surface area contributed by atoms with Crippen LogP contribution in [-0.2, 0) is 4.74 Å². The molecule has 0 amide bonds. The van der Waals surface area contributed by atoms with Crippen molar-refractivity contribution in [3.63, 3.8) is 0 Å². The van der Waals surface area contributed by atoms with Crippen molar-refractivity contribution in [1.29, 1.82) is 5.26 Å². The molecule has 4 rings (SSSR count). The molecule has 0 radical (unpaired) electrons. The largest absolute Gasteiger partial charge is 0.462 e. The number of benzene rings is 2. The Balaban J connectivity index is 1.66. The van der Waals surface area contributed by atoms with Crippen LogP contribution in [-0.4, -0.2) is 22.5 Å². The molecule has 4 aromatic rings. The van der Waals surface area contributed by atoms with E-state index in [2.05, 4.69) is 16.0 Å². The molecule has 0 saturated carbocycles. The van der Waals surface area contributed by atoms with E-state index >= 15 is 0 Å². The monoisotopic (exact) mass is 431 g/mol. The highest BCUT2D eigenvalue weighted by atomic mass is 35.5. The van der Waals surface area contributed by atoms with Gasteiger partial charge in [0.05, 0.1) is 33.8 Å². The number of nitrogens with zero attached hydrogens (tertiary/aromatic N) is 2. The lowest BCUT2D eigenvalue weighted by molar-refractivity contribution is 0.0526. The molecular weight excluding hydrogens is 414 g/mol. The Bertz CT molecular complexity index is 1360. The Morgan fingerprint density at radius 3 is 2.87 bits per heavy atom. The summed E-state index contributed by atoms with van der Waals surface area (Å²) in [6.07, 6.45) is 1.62. The molecule has 0 saturated heterocycles. The summed E-state index contributed by atoms with van der Waals surface area (Å²) in [6, 6.07) is 16.5. The van der Waals surface area contributed by atoms with E-state index in [0.29, 0.717) is 33.5 Å². The van der Waals surface area contributed by atoms with Crippen LogP contribution < -0.4 is 0 Å². The highest BCUT2D eigenvalue weighted by Gasteiger charge is 2.15. The minimum atomic E-state index is -0.493. The number of nitriles is 1. The Labute approximate surface area is 183 Å². The van der Waals surface area contributed by atoms with Crippen molar-refractivity contribution in [2.45, 2.75) is 13.8 Å². The van der Waals surface area contributed by atoms with Crippen LogP contribution in [0.4, 0.5) is 0 Å². The van der Waals surface area contributed by atoms with E-state index < -0.39 is 5.97 Å². The van der Waals surface area contributed by atoms with Crippen LogP contribution in [0.25, 0.3) is 34.0 Å². The molecule has 0 aliphatic rings. The summed E-state index contributed by atoms with van der Waals surface area (Å²) in [5.41, 5.74) is 4.04. The lowest BCUT2D eigenvalue weighted by Crippen LogP contribution is -2.05. The standard InChI is InChI=1S/C24H18ClN3O3/c1-3-30-24(29)18-12-15(5-7-19(18)25)22-9-6-17(31-22)11-16(13-26)23-27-20-8-4-14(2)10-21(20)28-23/h4-12H,3H2,1-2H3,(H,27,28)/b16-11+. The number of hydrogen-bond donors (Lipinski definition) is 1. The number of allylic oxidation sites excluding steroid dienone is 1. The third-order valence-corrected chi connectivity index (χ3v) is 5.00. The van der Waals surface area contributed by atoms with E-state index in [4.69, 9.17) is 20.8 Å². The summed E-state index contributed by atoms with van der Waals surface area (Å²) >= 11 is 6.13. The van der Waals surface area contributed by atoms with Crippen molar-refractivity contribution in [2.75, 3.05) is 6.61 Å². The van der Waals surface area contributed by atoms with Gasteiger partial charge in [0, 0.05) is 11.6 Å². The van der Waals surface area contributed by atoms with Crippen molar-refractivity contribution in [3.05, 3.63) is 76.3 Å². The Morgan fingerprint density at radius 1 is 1.26 bits per heavy atom. The maximum Gasteiger partial charge on any atom is 0.339 e. The number of carbonyl (C=O) groups is 1. The predicted octanol–water partition coefficient (Wildman–Crippen LogP) is 6.03. The van der Waals surface area contributed by atoms with E-state index in [1.54, 1.807) is 43.3 Å². The lowest BCUT2D eigenvalue weighted by Gasteiger charge is -2.05. The molecule has 0 spiro atoms. The van der Waals surface area contributed by atoms with E-state index in [1.165, 1.54) is 0 Å². The summed E-state index contributed by atoms with van der Waals surface area (Å²) in [7, 11) is 0. The zero-order valence-corrected chi connectivity index (χ0v) is 17.7. The van der Waals surface area contributed by atoms with Crippen LogP contribution >= 0.6 is 11.6 Å². The van der Waals surface area contributed by atoms with Gasteiger partial charge in [-0.05, 0) is 61.9 Å².